The van der Waals surface area contributed by atoms with Crippen LogP contribution in [0.5, 0.6) is 11.5 Å². The van der Waals surface area contributed by atoms with Gasteiger partial charge in [0.05, 0.1) is 7.11 Å². The van der Waals surface area contributed by atoms with E-state index in [9.17, 15) is 9.18 Å². The van der Waals surface area contributed by atoms with Crippen LogP contribution in [0.4, 0.5) is 4.39 Å². The average Bonchev–Trinajstić information content (AvgIpc) is 3.11. The largest absolute Gasteiger partial charge is 0.497 e. The maximum atomic E-state index is 13.6. The lowest BCUT2D eigenvalue weighted by atomic mass is 10.1. The lowest BCUT2D eigenvalue weighted by Crippen LogP contribution is -2.34. The van der Waals surface area contributed by atoms with Crippen LogP contribution in [0.15, 0.2) is 60.9 Å². The van der Waals surface area contributed by atoms with Crippen LogP contribution in [-0.2, 0) is 11.8 Å². The summed E-state index contributed by atoms with van der Waals surface area (Å²) in [7, 11) is 3.44. The lowest BCUT2D eigenvalue weighted by Gasteiger charge is -2.19. The molecule has 3 aromatic rings. The number of imidazole rings is 1. The van der Waals surface area contributed by atoms with Crippen molar-refractivity contribution in [3.63, 3.8) is 0 Å². The topological polar surface area (TPSA) is 65.4 Å². The molecule has 1 N–H and O–H groups in total. The number of benzene rings is 2. The highest BCUT2D eigenvalue weighted by Crippen LogP contribution is 2.23. The zero-order valence-corrected chi connectivity index (χ0v) is 15.1. The first-order valence-electron chi connectivity index (χ1n) is 8.36. The molecule has 0 spiro atoms. The van der Waals surface area contributed by atoms with E-state index in [0.29, 0.717) is 11.6 Å². The molecule has 1 heterocycles. The number of ether oxygens (including phenoxy) is 2. The van der Waals surface area contributed by atoms with Gasteiger partial charge in [0, 0.05) is 19.4 Å². The molecule has 0 aliphatic rings. The van der Waals surface area contributed by atoms with Crippen LogP contribution in [0, 0.1) is 5.82 Å². The Balaban J connectivity index is 1.76. The van der Waals surface area contributed by atoms with Crippen LogP contribution in [0.3, 0.4) is 0 Å². The van der Waals surface area contributed by atoms with E-state index in [1.54, 1.807) is 31.6 Å². The third-order valence-corrected chi connectivity index (χ3v) is 4.07. The molecule has 0 saturated carbocycles. The number of aromatic nitrogens is 2. The Hall–Kier alpha value is -3.35. The molecular weight excluding hydrogens is 349 g/mol. The Morgan fingerprint density at radius 3 is 2.59 bits per heavy atom. The minimum Gasteiger partial charge on any atom is -0.497 e. The van der Waals surface area contributed by atoms with Gasteiger partial charge in [-0.3, -0.25) is 4.79 Å². The van der Waals surface area contributed by atoms with Crippen LogP contribution in [0.2, 0.25) is 0 Å². The van der Waals surface area contributed by atoms with Gasteiger partial charge in [-0.05, 0) is 29.8 Å². The Kier molecular flexibility index (Phi) is 5.71. The molecule has 0 aliphatic heterocycles. The van der Waals surface area contributed by atoms with E-state index in [0.717, 1.165) is 5.56 Å². The highest BCUT2D eigenvalue weighted by Gasteiger charge is 2.21. The van der Waals surface area contributed by atoms with Crippen molar-refractivity contribution >= 4 is 5.91 Å². The second-order valence-electron chi connectivity index (χ2n) is 5.89. The molecule has 1 aromatic heterocycles. The normalized spacial score (nSPS) is 11.7. The van der Waals surface area contributed by atoms with Crippen LogP contribution < -0.4 is 14.8 Å². The number of carbonyl (C=O) groups is 1. The molecule has 2 aromatic carbocycles. The van der Waals surface area contributed by atoms with Gasteiger partial charge in [0.25, 0.3) is 5.91 Å². The van der Waals surface area contributed by atoms with Gasteiger partial charge in [0.2, 0.25) is 0 Å². The van der Waals surface area contributed by atoms with E-state index in [1.165, 1.54) is 12.1 Å². The van der Waals surface area contributed by atoms with Gasteiger partial charge in [-0.2, -0.15) is 0 Å². The Morgan fingerprint density at radius 2 is 1.96 bits per heavy atom. The summed E-state index contributed by atoms with van der Waals surface area (Å²) in [5.74, 6) is 0.514. The van der Waals surface area contributed by atoms with Crippen molar-refractivity contribution in [3.8, 4) is 11.5 Å². The van der Waals surface area contributed by atoms with Crippen molar-refractivity contribution in [2.45, 2.75) is 6.04 Å². The molecule has 1 unspecified atom stereocenters. The Bertz CT molecular complexity index is 909. The standard InChI is InChI=1S/C20H20FN3O3/c1-24-12-11-22-20(24)19(14-7-9-15(26-2)10-8-14)23-18(25)13-27-17-6-4-3-5-16(17)21/h3-12,19H,13H2,1-2H3,(H,23,25). The minimum absolute atomic E-state index is 0.0330. The minimum atomic E-state index is -0.513. The van der Waals surface area contributed by atoms with Gasteiger partial charge in [0.1, 0.15) is 17.6 Å². The second-order valence-corrected chi connectivity index (χ2v) is 5.89. The summed E-state index contributed by atoms with van der Waals surface area (Å²) >= 11 is 0. The van der Waals surface area contributed by atoms with E-state index < -0.39 is 11.9 Å². The molecule has 27 heavy (non-hydrogen) atoms. The van der Waals surface area contributed by atoms with E-state index in [-0.39, 0.29) is 18.3 Å². The zero-order valence-electron chi connectivity index (χ0n) is 15.1. The number of hydrogen-bond acceptors (Lipinski definition) is 4. The van der Waals surface area contributed by atoms with Crippen LogP contribution in [0.1, 0.15) is 17.4 Å². The van der Waals surface area contributed by atoms with E-state index in [2.05, 4.69) is 10.3 Å². The molecule has 1 amide bonds. The van der Waals surface area contributed by atoms with E-state index >= 15 is 0 Å². The molecule has 7 heteroatoms. The summed E-state index contributed by atoms with van der Waals surface area (Å²) in [6, 6.07) is 12.8. The number of rotatable bonds is 7. The molecule has 0 radical (unpaired) electrons. The van der Waals surface area contributed by atoms with Gasteiger partial charge in [-0.25, -0.2) is 9.37 Å². The molecule has 6 nitrogen and oxygen atoms in total. The van der Waals surface area contributed by atoms with Gasteiger partial charge in [-0.1, -0.05) is 24.3 Å². The third-order valence-electron chi connectivity index (χ3n) is 4.07. The Morgan fingerprint density at radius 1 is 1.22 bits per heavy atom. The first-order chi connectivity index (χ1) is 13.1. The fraction of sp³-hybridized carbons (Fsp3) is 0.200. The zero-order chi connectivity index (χ0) is 19.2. The number of para-hydroxylation sites is 1. The summed E-state index contributed by atoms with van der Waals surface area (Å²) in [5.41, 5.74) is 0.837. The number of amides is 1. The molecule has 3 rings (SSSR count). The monoisotopic (exact) mass is 369 g/mol. The quantitative estimate of drug-likeness (QED) is 0.696. The van der Waals surface area contributed by atoms with Gasteiger partial charge < -0.3 is 19.4 Å². The molecule has 0 bridgehead atoms. The number of nitrogens with one attached hydrogen (secondary N) is 1. The Labute approximate surface area is 156 Å². The molecule has 0 saturated heterocycles. The lowest BCUT2D eigenvalue weighted by molar-refractivity contribution is -0.123. The number of hydrogen-bond donors (Lipinski definition) is 1. The van der Waals surface area contributed by atoms with Crippen molar-refractivity contribution in [3.05, 3.63) is 78.1 Å². The number of aryl methyl sites for hydroxylation is 1. The van der Waals surface area contributed by atoms with Gasteiger partial charge in [-0.15, -0.1) is 0 Å². The molecule has 0 fully saturated rings. The summed E-state index contributed by atoms with van der Waals surface area (Å²) in [6.45, 7) is -0.308. The maximum Gasteiger partial charge on any atom is 0.258 e. The van der Waals surface area contributed by atoms with Gasteiger partial charge >= 0.3 is 0 Å². The smallest absolute Gasteiger partial charge is 0.258 e. The van der Waals surface area contributed by atoms with Crippen molar-refractivity contribution < 1.29 is 18.7 Å². The SMILES string of the molecule is COc1ccc(C(NC(=O)COc2ccccc2F)c2nccn2C)cc1. The summed E-state index contributed by atoms with van der Waals surface area (Å²) in [6.07, 6.45) is 3.46. The first-order valence-corrected chi connectivity index (χ1v) is 8.36. The fourth-order valence-electron chi connectivity index (χ4n) is 2.66. The molecule has 1 atom stereocenters. The van der Waals surface area contributed by atoms with Crippen molar-refractivity contribution in [2.75, 3.05) is 13.7 Å². The van der Waals surface area contributed by atoms with Gasteiger partial charge in [0.15, 0.2) is 18.2 Å². The van der Waals surface area contributed by atoms with Crippen LogP contribution in [-0.4, -0.2) is 29.2 Å². The maximum absolute atomic E-state index is 13.6. The number of nitrogens with zero attached hydrogens (tertiary/aromatic N) is 2. The molecular formula is C20H20FN3O3. The number of halogens is 1. The predicted molar refractivity (Wildman–Crippen MR) is 98.1 cm³/mol. The van der Waals surface area contributed by atoms with Crippen molar-refractivity contribution in [1.29, 1.82) is 0 Å². The highest BCUT2D eigenvalue weighted by molar-refractivity contribution is 5.78. The number of methoxy groups -OCH3 is 1. The summed E-state index contributed by atoms with van der Waals surface area (Å²) in [4.78, 5) is 16.8. The molecule has 140 valence electrons. The molecule has 0 aliphatic carbocycles. The highest BCUT2D eigenvalue weighted by atomic mass is 19.1. The van der Waals surface area contributed by atoms with Crippen LogP contribution in [0.25, 0.3) is 0 Å². The van der Waals surface area contributed by atoms with Crippen molar-refractivity contribution in [2.24, 2.45) is 7.05 Å². The van der Waals surface area contributed by atoms with E-state index in [1.807, 2.05) is 35.9 Å². The first kappa shape index (κ1) is 18.4. The van der Waals surface area contributed by atoms with E-state index in [4.69, 9.17) is 9.47 Å². The predicted octanol–water partition coefficient (Wildman–Crippen LogP) is 2.85. The number of carbonyl (C=O) groups excluding carboxylic acids is 1. The third kappa shape index (κ3) is 4.44. The summed E-state index contributed by atoms with van der Waals surface area (Å²) in [5, 5.41) is 2.89. The van der Waals surface area contributed by atoms with Crippen molar-refractivity contribution in [1.82, 2.24) is 14.9 Å². The summed E-state index contributed by atoms with van der Waals surface area (Å²) < 4.78 is 25.9. The fourth-order valence-corrected chi connectivity index (χ4v) is 2.66. The van der Waals surface area contributed by atoms with Crippen LogP contribution >= 0.6 is 0 Å². The average molecular weight is 369 g/mol. The second kappa shape index (κ2) is 8.35.